The van der Waals surface area contributed by atoms with Crippen molar-refractivity contribution < 1.29 is 14.3 Å². The number of hydrogen-bond acceptors (Lipinski definition) is 7. The van der Waals surface area contributed by atoms with Crippen molar-refractivity contribution in [2.45, 2.75) is 38.5 Å². The van der Waals surface area contributed by atoms with Crippen molar-refractivity contribution >= 4 is 28.3 Å². The highest BCUT2D eigenvalue weighted by Gasteiger charge is 2.50. The van der Waals surface area contributed by atoms with Gasteiger partial charge in [-0.3, -0.25) is 14.9 Å². The molecule has 8 heteroatoms. The van der Waals surface area contributed by atoms with E-state index >= 15 is 0 Å². The number of nitrogens with one attached hydrogen (secondary N) is 2. The summed E-state index contributed by atoms with van der Waals surface area (Å²) in [4.78, 5) is 24.0. The zero-order valence-corrected chi connectivity index (χ0v) is 14.1. The molecule has 2 fully saturated rings. The van der Waals surface area contributed by atoms with Crippen LogP contribution in [0.4, 0.5) is 5.13 Å². The molecule has 0 spiro atoms. The Kier molecular flexibility index (Phi) is 4.91. The highest BCUT2D eigenvalue weighted by Crippen LogP contribution is 2.44. The van der Waals surface area contributed by atoms with Crippen LogP contribution in [0.15, 0.2) is 0 Å². The Morgan fingerprint density at radius 1 is 1.43 bits per heavy atom. The minimum absolute atomic E-state index is 0.0582. The van der Waals surface area contributed by atoms with Gasteiger partial charge in [-0.15, -0.1) is 10.2 Å². The number of aryl methyl sites for hydroxylation is 1. The second-order valence-electron chi connectivity index (χ2n) is 6.26. The molecule has 7 nitrogen and oxygen atoms in total. The average Bonchev–Trinajstić information content (AvgIpc) is 3.19. The highest BCUT2D eigenvalue weighted by molar-refractivity contribution is 7.15. The van der Waals surface area contributed by atoms with Crippen LogP contribution in [0.2, 0.25) is 0 Å². The first-order chi connectivity index (χ1) is 11.1. The number of rotatable bonds is 5. The normalized spacial score (nSPS) is 26.6. The predicted molar refractivity (Wildman–Crippen MR) is 86.1 cm³/mol. The SMILES string of the molecule is COC(=O)CCc1nnc(NC(=O)[C@@]23CCCC[C@H]2CNC3)s1. The quantitative estimate of drug-likeness (QED) is 0.788. The van der Waals surface area contributed by atoms with Crippen molar-refractivity contribution in [3.8, 4) is 0 Å². The number of anilines is 1. The summed E-state index contributed by atoms with van der Waals surface area (Å²) in [6.45, 7) is 1.67. The molecule has 23 heavy (non-hydrogen) atoms. The van der Waals surface area contributed by atoms with Crippen LogP contribution in [-0.2, 0) is 20.7 Å². The second kappa shape index (κ2) is 6.92. The maximum atomic E-state index is 12.8. The summed E-state index contributed by atoms with van der Waals surface area (Å²) in [5.74, 6) is 0.206. The summed E-state index contributed by atoms with van der Waals surface area (Å²) < 4.78 is 4.61. The van der Waals surface area contributed by atoms with Gasteiger partial charge in [-0.25, -0.2) is 0 Å². The van der Waals surface area contributed by atoms with Gasteiger partial charge in [0.05, 0.1) is 18.9 Å². The maximum Gasteiger partial charge on any atom is 0.305 e. The van der Waals surface area contributed by atoms with E-state index in [9.17, 15) is 9.59 Å². The molecule has 2 atom stereocenters. The van der Waals surface area contributed by atoms with Crippen LogP contribution in [0.25, 0.3) is 0 Å². The molecule has 0 radical (unpaired) electrons. The molecule has 2 aliphatic rings. The number of ether oxygens (including phenoxy) is 1. The fourth-order valence-corrected chi connectivity index (χ4v) is 4.36. The summed E-state index contributed by atoms with van der Waals surface area (Å²) >= 11 is 1.33. The lowest BCUT2D eigenvalue weighted by molar-refractivity contribution is -0.140. The number of carbonyl (C=O) groups is 2. The smallest absolute Gasteiger partial charge is 0.305 e. The summed E-state index contributed by atoms with van der Waals surface area (Å²) in [5.41, 5.74) is -0.296. The van der Waals surface area contributed by atoms with E-state index in [4.69, 9.17) is 0 Å². The van der Waals surface area contributed by atoms with Crippen LogP contribution in [0, 0.1) is 11.3 Å². The number of carbonyl (C=O) groups excluding carboxylic acids is 2. The van der Waals surface area contributed by atoms with Gasteiger partial charge in [-0.2, -0.15) is 0 Å². The lowest BCUT2D eigenvalue weighted by Crippen LogP contribution is -2.44. The van der Waals surface area contributed by atoms with E-state index in [1.165, 1.54) is 24.9 Å². The van der Waals surface area contributed by atoms with Crippen molar-refractivity contribution in [2.24, 2.45) is 11.3 Å². The van der Waals surface area contributed by atoms with Crippen LogP contribution < -0.4 is 10.6 Å². The van der Waals surface area contributed by atoms with Crippen LogP contribution in [0.1, 0.15) is 37.1 Å². The van der Waals surface area contributed by atoms with Gasteiger partial charge in [0.25, 0.3) is 0 Å². The molecule has 1 aromatic heterocycles. The van der Waals surface area contributed by atoms with Gasteiger partial charge in [-0.05, 0) is 25.3 Å². The first kappa shape index (κ1) is 16.3. The van der Waals surface area contributed by atoms with Crippen molar-refractivity contribution in [3.05, 3.63) is 5.01 Å². The second-order valence-corrected chi connectivity index (χ2v) is 7.32. The molecule has 1 aliphatic heterocycles. The molecule has 1 saturated heterocycles. The topological polar surface area (TPSA) is 93.2 Å². The molecule has 2 N–H and O–H groups in total. The summed E-state index contributed by atoms with van der Waals surface area (Å²) in [6.07, 6.45) is 5.11. The molecule has 2 heterocycles. The fourth-order valence-electron chi connectivity index (χ4n) is 3.63. The van der Waals surface area contributed by atoms with Crippen molar-refractivity contribution in [1.29, 1.82) is 0 Å². The standard InChI is InChI=1S/C15H22N4O3S/c1-22-12(20)6-5-11-18-19-14(23-11)17-13(21)15-7-3-2-4-10(15)8-16-9-15/h10,16H,2-9H2,1H3,(H,17,19,21)/t10-,15+/m0/s1. The van der Waals surface area contributed by atoms with Gasteiger partial charge >= 0.3 is 5.97 Å². The number of fused-ring (bicyclic) bond motifs is 1. The molecule has 0 bridgehead atoms. The summed E-state index contributed by atoms with van der Waals surface area (Å²) in [7, 11) is 1.36. The minimum atomic E-state index is -0.296. The van der Waals surface area contributed by atoms with Gasteiger partial charge in [0.1, 0.15) is 5.01 Å². The number of amides is 1. The van der Waals surface area contributed by atoms with E-state index in [0.717, 1.165) is 37.4 Å². The first-order valence-electron chi connectivity index (χ1n) is 8.05. The van der Waals surface area contributed by atoms with Crippen LogP contribution >= 0.6 is 11.3 Å². The van der Waals surface area contributed by atoms with Crippen molar-refractivity contribution in [2.75, 3.05) is 25.5 Å². The molecule has 3 rings (SSSR count). The van der Waals surface area contributed by atoms with E-state index in [1.54, 1.807) is 0 Å². The van der Waals surface area contributed by atoms with Crippen molar-refractivity contribution in [3.63, 3.8) is 0 Å². The number of methoxy groups -OCH3 is 1. The minimum Gasteiger partial charge on any atom is -0.469 e. The third-order valence-corrected chi connectivity index (χ3v) is 5.85. The highest BCUT2D eigenvalue weighted by atomic mass is 32.1. The Morgan fingerprint density at radius 2 is 2.30 bits per heavy atom. The largest absolute Gasteiger partial charge is 0.469 e. The third-order valence-electron chi connectivity index (χ3n) is 4.95. The van der Waals surface area contributed by atoms with Gasteiger partial charge in [0.2, 0.25) is 11.0 Å². The lowest BCUT2D eigenvalue weighted by Gasteiger charge is -2.36. The van der Waals surface area contributed by atoms with Crippen molar-refractivity contribution in [1.82, 2.24) is 15.5 Å². The Balaban J connectivity index is 1.62. The van der Waals surface area contributed by atoms with E-state index in [2.05, 4.69) is 25.6 Å². The predicted octanol–water partition coefficient (Wildman–Crippen LogP) is 1.36. The van der Waals surface area contributed by atoms with Crippen LogP contribution in [0.3, 0.4) is 0 Å². The van der Waals surface area contributed by atoms with E-state index < -0.39 is 0 Å². The van der Waals surface area contributed by atoms with E-state index in [0.29, 0.717) is 17.5 Å². The molecule has 0 unspecified atom stereocenters. The molecule has 126 valence electrons. The Hall–Kier alpha value is -1.54. The monoisotopic (exact) mass is 338 g/mol. The first-order valence-corrected chi connectivity index (χ1v) is 8.87. The zero-order valence-electron chi connectivity index (χ0n) is 13.3. The molecule has 0 aromatic carbocycles. The van der Waals surface area contributed by atoms with Crippen LogP contribution in [0.5, 0.6) is 0 Å². The van der Waals surface area contributed by atoms with Gasteiger partial charge in [0.15, 0.2) is 0 Å². The molecular weight excluding hydrogens is 316 g/mol. The molecule has 1 aliphatic carbocycles. The van der Waals surface area contributed by atoms with Gasteiger partial charge in [0, 0.05) is 13.0 Å². The van der Waals surface area contributed by atoms with Gasteiger partial charge < -0.3 is 10.1 Å². The number of nitrogens with zero attached hydrogens (tertiary/aromatic N) is 2. The van der Waals surface area contributed by atoms with Gasteiger partial charge in [-0.1, -0.05) is 24.2 Å². The number of aromatic nitrogens is 2. The number of hydrogen-bond donors (Lipinski definition) is 2. The molecule has 1 saturated carbocycles. The van der Waals surface area contributed by atoms with Crippen LogP contribution in [-0.4, -0.2) is 42.3 Å². The zero-order chi connectivity index (χ0) is 16.3. The Labute approximate surface area is 139 Å². The summed E-state index contributed by atoms with van der Waals surface area (Å²) in [5, 5.41) is 15.6. The molecule has 1 aromatic rings. The summed E-state index contributed by atoms with van der Waals surface area (Å²) in [6, 6.07) is 0. The fraction of sp³-hybridized carbons (Fsp3) is 0.733. The lowest BCUT2D eigenvalue weighted by atomic mass is 9.68. The maximum absolute atomic E-state index is 12.8. The molecule has 1 amide bonds. The third kappa shape index (κ3) is 3.37. The number of esters is 1. The van der Waals surface area contributed by atoms with E-state index in [-0.39, 0.29) is 23.7 Å². The molecular formula is C15H22N4O3S. The van der Waals surface area contributed by atoms with E-state index in [1.807, 2.05) is 0 Å². The average molecular weight is 338 g/mol. The Bertz CT molecular complexity index is 591. The Morgan fingerprint density at radius 3 is 3.13 bits per heavy atom.